The van der Waals surface area contributed by atoms with Gasteiger partial charge in [0.05, 0.1) is 22.0 Å². The number of amides is 1. The second-order valence-corrected chi connectivity index (χ2v) is 5.46. The van der Waals surface area contributed by atoms with Gasteiger partial charge in [-0.1, -0.05) is 18.5 Å². The SMILES string of the molecule is CCCN(c1cc2c(cc1Cl)C(=O)C(=O)N2)C1CC1. The number of Topliss-reactive ketones (excluding diaryl/α,β-unsaturated/α-hetero) is 1. The number of carbonyl (C=O) groups is 2. The van der Waals surface area contributed by atoms with E-state index >= 15 is 0 Å². The number of anilines is 2. The first-order chi connectivity index (χ1) is 9.11. The van der Waals surface area contributed by atoms with E-state index in [0.717, 1.165) is 18.7 Å². The van der Waals surface area contributed by atoms with Crippen LogP contribution in [0.3, 0.4) is 0 Å². The highest BCUT2D eigenvalue weighted by Crippen LogP contribution is 2.39. The van der Waals surface area contributed by atoms with Crippen LogP contribution in [0.4, 0.5) is 11.4 Å². The molecule has 1 aromatic carbocycles. The van der Waals surface area contributed by atoms with Crippen LogP contribution in [-0.4, -0.2) is 24.3 Å². The number of ketones is 1. The normalized spacial score (nSPS) is 17.4. The summed E-state index contributed by atoms with van der Waals surface area (Å²) in [6, 6.07) is 3.98. The summed E-state index contributed by atoms with van der Waals surface area (Å²) in [6.45, 7) is 3.06. The van der Waals surface area contributed by atoms with Crippen LogP contribution < -0.4 is 10.2 Å². The van der Waals surface area contributed by atoms with Crippen molar-refractivity contribution in [3.63, 3.8) is 0 Å². The molecular weight excluding hydrogens is 264 g/mol. The Kier molecular flexibility index (Phi) is 2.97. The molecule has 1 fully saturated rings. The van der Waals surface area contributed by atoms with Crippen molar-refractivity contribution in [2.45, 2.75) is 32.2 Å². The number of nitrogens with one attached hydrogen (secondary N) is 1. The predicted octanol–water partition coefficient (Wildman–Crippen LogP) is 2.85. The van der Waals surface area contributed by atoms with Gasteiger partial charge >= 0.3 is 0 Å². The molecule has 0 saturated heterocycles. The first kappa shape index (κ1) is 12.5. The number of hydrogen-bond donors (Lipinski definition) is 1. The monoisotopic (exact) mass is 278 g/mol. The Bertz CT molecular complexity index is 567. The van der Waals surface area contributed by atoms with E-state index in [-0.39, 0.29) is 0 Å². The van der Waals surface area contributed by atoms with E-state index < -0.39 is 11.7 Å². The second kappa shape index (κ2) is 4.53. The number of nitrogens with zero attached hydrogens (tertiary/aromatic N) is 1. The minimum atomic E-state index is -0.573. The molecule has 1 amide bonds. The van der Waals surface area contributed by atoms with Crippen molar-refractivity contribution >= 4 is 34.7 Å². The molecule has 100 valence electrons. The maximum atomic E-state index is 11.6. The van der Waals surface area contributed by atoms with Crippen LogP contribution in [-0.2, 0) is 4.79 Å². The van der Waals surface area contributed by atoms with Gasteiger partial charge in [-0.3, -0.25) is 9.59 Å². The maximum absolute atomic E-state index is 11.6. The molecular formula is C14H15ClN2O2. The van der Waals surface area contributed by atoms with Crippen molar-refractivity contribution in [1.82, 2.24) is 0 Å². The first-order valence-electron chi connectivity index (χ1n) is 6.57. The Morgan fingerprint density at radius 3 is 2.74 bits per heavy atom. The number of fused-ring (bicyclic) bond motifs is 1. The van der Waals surface area contributed by atoms with Crippen LogP contribution in [0.1, 0.15) is 36.5 Å². The molecule has 1 aliphatic heterocycles. The average Bonchev–Trinajstić information content (AvgIpc) is 3.17. The summed E-state index contributed by atoms with van der Waals surface area (Å²) in [5.41, 5.74) is 1.88. The van der Waals surface area contributed by atoms with Gasteiger partial charge in [-0.25, -0.2) is 0 Å². The Balaban J connectivity index is 2.01. The molecule has 1 aromatic rings. The predicted molar refractivity (Wildman–Crippen MR) is 75.1 cm³/mol. The number of benzene rings is 1. The first-order valence-corrected chi connectivity index (χ1v) is 6.95. The minimum Gasteiger partial charge on any atom is -0.367 e. The van der Waals surface area contributed by atoms with Crippen molar-refractivity contribution < 1.29 is 9.59 Å². The molecule has 2 aliphatic rings. The molecule has 1 heterocycles. The molecule has 1 saturated carbocycles. The van der Waals surface area contributed by atoms with Gasteiger partial charge in [0, 0.05) is 12.6 Å². The third-order valence-corrected chi connectivity index (χ3v) is 3.85. The topological polar surface area (TPSA) is 49.4 Å². The quantitative estimate of drug-likeness (QED) is 0.862. The molecule has 1 aliphatic carbocycles. The lowest BCUT2D eigenvalue weighted by Gasteiger charge is -2.25. The van der Waals surface area contributed by atoms with E-state index in [4.69, 9.17) is 11.6 Å². The molecule has 0 aromatic heterocycles. The molecule has 3 rings (SSSR count). The van der Waals surface area contributed by atoms with Gasteiger partial charge in [0.1, 0.15) is 0 Å². The van der Waals surface area contributed by atoms with E-state index in [1.165, 1.54) is 12.8 Å². The number of rotatable bonds is 4. The minimum absolute atomic E-state index is 0.381. The highest BCUT2D eigenvalue weighted by atomic mass is 35.5. The van der Waals surface area contributed by atoms with Gasteiger partial charge in [0.2, 0.25) is 0 Å². The molecule has 0 spiro atoms. The Labute approximate surface area is 116 Å². The van der Waals surface area contributed by atoms with E-state index in [0.29, 0.717) is 22.3 Å². The van der Waals surface area contributed by atoms with Crippen LogP contribution in [0.5, 0.6) is 0 Å². The van der Waals surface area contributed by atoms with Gasteiger partial charge in [-0.2, -0.15) is 0 Å². The van der Waals surface area contributed by atoms with Crippen molar-refractivity contribution in [3.05, 3.63) is 22.7 Å². The summed E-state index contributed by atoms with van der Waals surface area (Å²) in [7, 11) is 0. The van der Waals surface area contributed by atoms with Crippen molar-refractivity contribution in [2.24, 2.45) is 0 Å². The summed E-state index contributed by atoms with van der Waals surface area (Å²) in [6.07, 6.45) is 3.40. The van der Waals surface area contributed by atoms with Crippen molar-refractivity contribution in [1.29, 1.82) is 0 Å². The Hall–Kier alpha value is -1.55. The van der Waals surface area contributed by atoms with Gasteiger partial charge in [0.25, 0.3) is 11.7 Å². The fourth-order valence-corrected chi connectivity index (χ4v) is 2.77. The maximum Gasteiger partial charge on any atom is 0.296 e. The van der Waals surface area contributed by atoms with Crippen LogP contribution >= 0.6 is 11.6 Å². The standard InChI is InChI=1S/C14H15ClN2O2/c1-2-5-17(8-3-4-8)12-7-11-9(6-10(12)15)13(18)14(19)16-11/h6-8H,2-5H2,1H3,(H,16,18,19). The summed E-state index contributed by atoms with van der Waals surface area (Å²) in [5.74, 6) is -1.08. The lowest BCUT2D eigenvalue weighted by Crippen LogP contribution is -2.26. The molecule has 0 bridgehead atoms. The molecule has 1 N–H and O–H groups in total. The zero-order chi connectivity index (χ0) is 13.6. The van der Waals surface area contributed by atoms with E-state index in [1.54, 1.807) is 6.07 Å². The third-order valence-electron chi connectivity index (χ3n) is 3.55. The summed E-state index contributed by atoms with van der Waals surface area (Å²) in [5, 5.41) is 3.14. The number of halogens is 1. The summed E-state index contributed by atoms with van der Waals surface area (Å²) in [4.78, 5) is 25.3. The van der Waals surface area contributed by atoms with Gasteiger partial charge in [0.15, 0.2) is 0 Å². The molecule has 0 radical (unpaired) electrons. The van der Waals surface area contributed by atoms with E-state index in [2.05, 4.69) is 17.1 Å². The third kappa shape index (κ3) is 2.10. The largest absolute Gasteiger partial charge is 0.367 e. The summed E-state index contributed by atoms with van der Waals surface area (Å²) >= 11 is 6.29. The summed E-state index contributed by atoms with van der Waals surface area (Å²) < 4.78 is 0. The van der Waals surface area contributed by atoms with Crippen LogP contribution in [0, 0.1) is 0 Å². The fraction of sp³-hybridized carbons (Fsp3) is 0.429. The van der Waals surface area contributed by atoms with Crippen LogP contribution in [0.25, 0.3) is 0 Å². The molecule has 4 nitrogen and oxygen atoms in total. The van der Waals surface area contributed by atoms with Crippen molar-refractivity contribution in [3.8, 4) is 0 Å². The molecule has 0 atom stereocenters. The van der Waals surface area contributed by atoms with Gasteiger partial charge in [-0.15, -0.1) is 0 Å². The van der Waals surface area contributed by atoms with Crippen molar-refractivity contribution in [2.75, 3.05) is 16.8 Å². The lowest BCUT2D eigenvalue weighted by molar-refractivity contribution is -0.112. The van der Waals surface area contributed by atoms with Crippen LogP contribution in [0.15, 0.2) is 12.1 Å². The molecule has 19 heavy (non-hydrogen) atoms. The molecule has 0 unspecified atom stereocenters. The number of hydrogen-bond acceptors (Lipinski definition) is 3. The van der Waals surface area contributed by atoms with Gasteiger partial charge < -0.3 is 10.2 Å². The van der Waals surface area contributed by atoms with Gasteiger partial charge in [-0.05, 0) is 31.4 Å². The smallest absolute Gasteiger partial charge is 0.296 e. The second-order valence-electron chi connectivity index (χ2n) is 5.06. The highest BCUT2D eigenvalue weighted by molar-refractivity contribution is 6.52. The Morgan fingerprint density at radius 1 is 1.37 bits per heavy atom. The lowest BCUT2D eigenvalue weighted by atomic mass is 10.1. The van der Waals surface area contributed by atoms with E-state index in [1.807, 2.05) is 6.07 Å². The zero-order valence-corrected chi connectivity index (χ0v) is 11.5. The molecule has 5 heteroatoms. The highest BCUT2D eigenvalue weighted by Gasteiger charge is 2.33. The zero-order valence-electron chi connectivity index (χ0n) is 10.7. The Morgan fingerprint density at radius 2 is 2.11 bits per heavy atom. The van der Waals surface area contributed by atoms with E-state index in [9.17, 15) is 9.59 Å². The van der Waals surface area contributed by atoms with Crippen LogP contribution in [0.2, 0.25) is 5.02 Å². The number of carbonyl (C=O) groups excluding carboxylic acids is 2. The average molecular weight is 279 g/mol. The fourth-order valence-electron chi connectivity index (χ4n) is 2.50.